The second-order valence-corrected chi connectivity index (χ2v) is 9.10. The molecule has 0 atom stereocenters. The predicted octanol–water partition coefficient (Wildman–Crippen LogP) is 4.20. The van der Waals surface area contributed by atoms with Gasteiger partial charge in [0.1, 0.15) is 18.0 Å². The van der Waals surface area contributed by atoms with Gasteiger partial charge in [0.15, 0.2) is 0 Å². The predicted molar refractivity (Wildman–Crippen MR) is 134 cm³/mol. The number of hydrogen-bond acceptors (Lipinski definition) is 6. The van der Waals surface area contributed by atoms with E-state index < -0.39 is 11.6 Å². The van der Waals surface area contributed by atoms with Crippen LogP contribution in [-0.2, 0) is 4.74 Å². The van der Waals surface area contributed by atoms with Crippen LogP contribution in [0.3, 0.4) is 0 Å². The molecule has 0 spiro atoms. The summed E-state index contributed by atoms with van der Waals surface area (Å²) in [5, 5.41) is 12.9. The van der Waals surface area contributed by atoms with Crippen molar-refractivity contribution in [2.75, 3.05) is 38.3 Å². The minimum Gasteiger partial charge on any atom is -0.491 e. The number of imidazole rings is 1. The van der Waals surface area contributed by atoms with Gasteiger partial charge < -0.3 is 24.8 Å². The van der Waals surface area contributed by atoms with E-state index in [9.17, 15) is 4.79 Å². The molecule has 0 saturated carbocycles. The average molecular weight is 476 g/mol. The quantitative estimate of drug-likeness (QED) is 0.386. The van der Waals surface area contributed by atoms with E-state index in [4.69, 9.17) is 19.6 Å². The number of fused-ring (bicyclic) bond motifs is 2. The maximum Gasteiger partial charge on any atom is 0.405 e. The Morgan fingerprint density at radius 1 is 1.17 bits per heavy atom. The summed E-state index contributed by atoms with van der Waals surface area (Å²) < 4.78 is 12.8. The number of carboxylic acid groups (broad SMARTS) is 1. The Hall–Kier alpha value is -3.85. The van der Waals surface area contributed by atoms with Crippen molar-refractivity contribution in [2.24, 2.45) is 0 Å². The third kappa shape index (κ3) is 4.72. The van der Waals surface area contributed by atoms with E-state index in [-0.39, 0.29) is 0 Å². The van der Waals surface area contributed by atoms with Crippen LogP contribution in [-0.4, -0.2) is 64.5 Å². The average Bonchev–Trinajstić information content (AvgIpc) is 3.27. The molecule has 0 unspecified atom stereocenters. The number of amides is 1. The van der Waals surface area contributed by atoms with Gasteiger partial charge in [-0.25, -0.2) is 14.8 Å². The molecule has 1 fully saturated rings. The summed E-state index contributed by atoms with van der Waals surface area (Å²) >= 11 is 0. The van der Waals surface area contributed by atoms with E-state index in [0.717, 1.165) is 65.3 Å². The molecule has 4 heterocycles. The molecule has 35 heavy (non-hydrogen) atoms. The first kappa shape index (κ1) is 22.9. The lowest BCUT2D eigenvalue weighted by Gasteiger charge is -2.40. The highest BCUT2D eigenvalue weighted by Gasteiger charge is 2.32. The molecule has 1 aliphatic rings. The minimum absolute atomic E-state index is 0.409. The van der Waals surface area contributed by atoms with Gasteiger partial charge in [0.2, 0.25) is 0 Å². The molecule has 1 amide bonds. The smallest absolute Gasteiger partial charge is 0.405 e. The van der Waals surface area contributed by atoms with Gasteiger partial charge in [-0.1, -0.05) is 18.2 Å². The first-order chi connectivity index (χ1) is 17.0. The van der Waals surface area contributed by atoms with Crippen LogP contribution in [0.1, 0.15) is 19.8 Å². The number of nitrogens with one attached hydrogen (secondary N) is 1. The van der Waals surface area contributed by atoms with Crippen LogP contribution < -0.4 is 15.0 Å². The van der Waals surface area contributed by atoms with Crippen molar-refractivity contribution in [1.29, 1.82) is 0 Å². The van der Waals surface area contributed by atoms with Crippen molar-refractivity contribution in [2.45, 2.75) is 25.3 Å². The van der Waals surface area contributed by atoms with Gasteiger partial charge in [-0.3, -0.25) is 4.40 Å². The zero-order valence-electron chi connectivity index (χ0n) is 19.9. The Morgan fingerprint density at radius 2 is 2.00 bits per heavy atom. The van der Waals surface area contributed by atoms with Crippen molar-refractivity contribution in [3.63, 3.8) is 0 Å². The number of ether oxygens (including phenoxy) is 2. The Labute approximate surface area is 203 Å². The lowest BCUT2D eigenvalue weighted by molar-refractivity contribution is 0.146. The van der Waals surface area contributed by atoms with Crippen LogP contribution in [0.15, 0.2) is 54.9 Å². The summed E-state index contributed by atoms with van der Waals surface area (Å²) in [7, 11) is 1.65. The fraction of sp³-hybridized carbons (Fsp3) is 0.346. The zero-order chi connectivity index (χ0) is 24.4. The number of piperidine rings is 1. The number of carbonyl (C=O) groups is 1. The number of anilines is 1. The molecule has 3 aromatic heterocycles. The van der Waals surface area contributed by atoms with E-state index in [1.165, 1.54) is 0 Å². The van der Waals surface area contributed by atoms with Crippen LogP contribution in [0.25, 0.3) is 27.9 Å². The highest BCUT2D eigenvalue weighted by Crippen LogP contribution is 2.32. The van der Waals surface area contributed by atoms with Crippen LogP contribution in [0.2, 0.25) is 0 Å². The summed E-state index contributed by atoms with van der Waals surface area (Å²) in [4.78, 5) is 23.1. The number of hydrogen-bond donors (Lipinski definition) is 2. The number of para-hydroxylation sites is 1. The molecule has 0 bridgehead atoms. The van der Waals surface area contributed by atoms with Crippen LogP contribution in [0.4, 0.5) is 10.5 Å². The minimum atomic E-state index is -0.973. The topological polar surface area (TPSA) is 101 Å². The summed E-state index contributed by atoms with van der Waals surface area (Å²) in [6, 6.07) is 14.1. The number of pyridine rings is 2. The standard InChI is InChI=1S/C26H29N5O4/c1-26(29-25(32)33)9-12-30(13-10-26)21-5-3-4-18-6-7-20(28-24(18)21)22-17-27-23-16-19(8-11-31(22)23)35-15-14-34-2/h3-8,11,16-17,29H,9-10,12-15H2,1-2H3,(H,32,33). The molecule has 4 aromatic rings. The van der Waals surface area contributed by atoms with Crippen molar-refractivity contribution in [3.05, 3.63) is 54.9 Å². The van der Waals surface area contributed by atoms with Gasteiger partial charge in [0.05, 0.1) is 35.4 Å². The van der Waals surface area contributed by atoms with Gasteiger partial charge >= 0.3 is 6.09 Å². The normalized spacial score (nSPS) is 15.4. The van der Waals surface area contributed by atoms with Gasteiger partial charge in [0.25, 0.3) is 0 Å². The summed E-state index contributed by atoms with van der Waals surface area (Å²) in [6.07, 6.45) is 4.27. The molecule has 1 aromatic carbocycles. The molecule has 0 aliphatic carbocycles. The van der Waals surface area contributed by atoms with E-state index in [0.29, 0.717) is 13.2 Å². The van der Waals surface area contributed by atoms with Crippen LogP contribution in [0.5, 0.6) is 5.75 Å². The summed E-state index contributed by atoms with van der Waals surface area (Å²) in [5.74, 6) is 0.745. The van der Waals surface area contributed by atoms with Gasteiger partial charge in [-0.05, 0) is 38.0 Å². The number of rotatable bonds is 7. The Balaban J connectivity index is 1.44. The highest BCUT2D eigenvalue weighted by atomic mass is 16.5. The lowest BCUT2D eigenvalue weighted by Crippen LogP contribution is -2.53. The summed E-state index contributed by atoms with van der Waals surface area (Å²) in [5.41, 5.74) is 4.09. The molecule has 9 heteroatoms. The number of benzene rings is 1. The highest BCUT2D eigenvalue weighted by molar-refractivity contribution is 5.92. The second kappa shape index (κ2) is 9.42. The first-order valence-corrected chi connectivity index (χ1v) is 11.7. The Kier molecular flexibility index (Phi) is 6.17. The van der Waals surface area contributed by atoms with Gasteiger partial charge in [-0.15, -0.1) is 0 Å². The molecule has 182 valence electrons. The Bertz CT molecular complexity index is 1360. The molecule has 1 aliphatic heterocycles. The molecule has 0 radical (unpaired) electrons. The summed E-state index contributed by atoms with van der Waals surface area (Å²) in [6.45, 7) is 4.49. The molecular formula is C26H29N5O4. The van der Waals surface area contributed by atoms with E-state index in [2.05, 4.69) is 33.4 Å². The second-order valence-electron chi connectivity index (χ2n) is 9.10. The lowest BCUT2D eigenvalue weighted by atomic mass is 9.89. The maximum atomic E-state index is 11.2. The van der Waals surface area contributed by atoms with Crippen molar-refractivity contribution < 1.29 is 19.4 Å². The molecule has 5 rings (SSSR count). The fourth-order valence-corrected chi connectivity index (χ4v) is 4.64. The molecule has 9 nitrogen and oxygen atoms in total. The number of nitrogens with zero attached hydrogens (tertiary/aromatic N) is 4. The number of methoxy groups -OCH3 is 1. The molecular weight excluding hydrogens is 446 g/mol. The number of aromatic nitrogens is 3. The van der Waals surface area contributed by atoms with E-state index >= 15 is 0 Å². The third-order valence-electron chi connectivity index (χ3n) is 6.62. The molecule has 1 saturated heterocycles. The molecule has 2 N–H and O–H groups in total. The van der Waals surface area contributed by atoms with Crippen LogP contribution >= 0.6 is 0 Å². The van der Waals surface area contributed by atoms with Crippen molar-refractivity contribution >= 4 is 28.3 Å². The van der Waals surface area contributed by atoms with E-state index in [1.807, 2.05) is 48.0 Å². The zero-order valence-corrected chi connectivity index (χ0v) is 19.9. The van der Waals surface area contributed by atoms with Gasteiger partial charge in [0, 0.05) is 43.4 Å². The Morgan fingerprint density at radius 3 is 2.77 bits per heavy atom. The largest absolute Gasteiger partial charge is 0.491 e. The van der Waals surface area contributed by atoms with E-state index in [1.54, 1.807) is 7.11 Å². The first-order valence-electron chi connectivity index (χ1n) is 11.7. The maximum absolute atomic E-state index is 11.2. The van der Waals surface area contributed by atoms with Crippen LogP contribution in [0, 0.1) is 0 Å². The monoisotopic (exact) mass is 475 g/mol. The van der Waals surface area contributed by atoms with Crippen molar-refractivity contribution in [3.8, 4) is 17.1 Å². The third-order valence-corrected chi connectivity index (χ3v) is 6.62. The fourth-order valence-electron chi connectivity index (χ4n) is 4.64. The van der Waals surface area contributed by atoms with Gasteiger partial charge in [-0.2, -0.15) is 0 Å². The SMILES string of the molecule is COCCOc1ccn2c(-c3ccc4cccc(N5CCC(C)(NC(=O)O)CC5)c4n3)cnc2c1. The van der Waals surface area contributed by atoms with Crippen molar-refractivity contribution in [1.82, 2.24) is 19.7 Å².